The molecule has 0 bridgehead atoms. The summed E-state index contributed by atoms with van der Waals surface area (Å²) in [5.41, 5.74) is 6.02. The predicted molar refractivity (Wildman–Crippen MR) is 93.2 cm³/mol. The number of rotatable bonds is 16. The Morgan fingerprint density at radius 2 is 0.900 bits per heavy atom. The highest BCUT2D eigenvalue weighted by Crippen LogP contribution is 2.13. The van der Waals surface area contributed by atoms with E-state index in [1.165, 1.54) is 103 Å². The zero-order valence-corrected chi connectivity index (χ0v) is 14.5. The van der Waals surface area contributed by atoms with Gasteiger partial charge in [-0.3, -0.25) is 0 Å². The van der Waals surface area contributed by atoms with Crippen molar-refractivity contribution in [3.63, 3.8) is 0 Å². The Hall–Kier alpha value is -0.0400. The van der Waals surface area contributed by atoms with E-state index < -0.39 is 0 Å². The van der Waals surface area contributed by atoms with E-state index in [2.05, 4.69) is 13.8 Å². The maximum atomic E-state index is 6.02. The van der Waals surface area contributed by atoms with Gasteiger partial charge in [-0.05, 0) is 12.8 Å². The third-order valence-corrected chi connectivity index (χ3v) is 4.34. The quantitative estimate of drug-likeness (QED) is 0.317. The highest BCUT2D eigenvalue weighted by Gasteiger charge is 2.00. The molecule has 0 aliphatic heterocycles. The van der Waals surface area contributed by atoms with Crippen molar-refractivity contribution in [3.8, 4) is 0 Å². The Kier molecular flexibility index (Phi) is 17.0. The molecular weight excluding hydrogens is 242 g/mol. The van der Waals surface area contributed by atoms with Gasteiger partial charge in [0.1, 0.15) is 0 Å². The summed E-state index contributed by atoms with van der Waals surface area (Å²) >= 11 is 0. The van der Waals surface area contributed by atoms with E-state index in [1.807, 2.05) is 0 Å². The van der Waals surface area contributed by atoms with E-state index in [1.54, 1.807) is 0 Å². The smallest absolute Gasteiger partial charge is 0.00387 e. The van der Waals surface area contributed by atoms with Gasteiger partial charge in [0.2, 0.25) is 0 Å². The molecule has 0 aliphatic carbocycles. The molecule has 0 aromatic heterocycles. The minimum absolute atomic E-state index is 0.465. The van der Waals surface area contributed by atoms with Gasteiger partial charge in [0.25, 0.3) is 0 Å². The van der Waals surface area contributed by atoms with Crippen LogP contribution in [0.3, 0.4) is 0 Å². The summed E-state index contributed by atoms with van der Waals surface area (Å²) in [5.74, 6) is 0. The number of unbranched alkanes of at least 4 members (excludes halogenated alkanes) is 12. The first-order valence-corrected chi connectivity index (χ1v) is 9.56. The minimum atomic E-state index is 0.465. The van der Waals surface area contributed by atoms with Crippen molar-refractivity contribution in [2.45, 2.75) is 123 Å². The molecule has 0 amide bonds. The molecule has 0 aromatic rings. The van der Waals surface area contributed by atoms with E-state index in [0.29, 0.717) is 6.04 Å². The fraction of sp³-hybridized carbons (Fsp3) is 1.00. The van der Waals surface area contributed by atoms with E-state index in [-0.39, 0.29) is 0 Å². The van der Waals surface area contributed by atoms with Gasteiger partial charge in [0.15, 0.2) is 0 Å². The van der Waals surface area contributed by atoms with Crippen LogP contribution < -0.4 is 5.73 Å². The largest absolute Gasteiger partial charge is 0.328 e. The molecule has 122 valence electrons. The van der Waals surface area contributed by atoms with Crippen LogP contribution >= 0.6 is 0 Å². The first-order chi connectivity index (χ1) is 9.81. The van der Waals surface area contributed by atoms with E-state index in [0.717, 1.165) is 0 Å². The van der Waals surface area contributed by atoms with E-state index in [9.17, 15) is 0 Å². The van der Waals surface area contributed by atoms with Gasteiger partial charge in [-0.15, -0.1) is 0 Å². The lowest BCUT2D eigenvalue weighted by molar-refractivity contribution is 0.500. The lowest BCUT2D eigenvalue weighted by atomic mass is 10.0. The van der Waals surface area contributed by atoms with Crippen LogP contribution in [0.4, 0.5) is 0 Å². The van der Waals surface area contributed by atoms with Crippen LogP contribution in [0, 0.1) is 0 Å². The van der Waals surface area contributed by atoms with Gasteiger partial charge in [-0.2, -0.15) is 0 Å². The van der Waals surface area contributed by atoms with Crippen molar-refractivity contribution in [2.75, 3.05) is 0 Å². The predicted octanol–water partition coefficient (Wildman–Crippen LogP) is 6.60. The van der Waals surface area contributed by atoms with E-state index in [4.69, 9.17) is 5.73 Å². The Bertz CT molecular complexity index is 167. The van der Waals surface area contributed by atoms with Crippen LogP contribution in [-0.2, 0) is 0 Å². The number of hydrogen-bond donors (Lipinski definition) is 1. The van der Waals surface area contributed by atoms with Crippen LogP contribution in [0.15, 0.2) is 0 Å². The monoisotopic (exact) mass is 283 g/mol. The highest BCUT2D eigenvalue weighted by atomic mass is 14.6. The second-order valence-corrected chi connectivity index (χ2v) is 6.58. The highest BCUT2D eigenvalue weighted by molar-refractivity contribution is 4.60. The molecule has 1 heteroatoms. The summed E-state index contributed by atoms with van der Waals surface area (Å²) in [7, 11) is 0. The Morgan fingerprint density at radius 3 is 1.30 bits per heavy atom. The van der Waals surface area contributed by atoms with Crippen molar-refractivity contribution in [1.29, 1.82) is 0 Å². The van der Waals surface area contributed by atoms with Crippen LogP contribution in [-0.4, -0.2) is 6.04 Å². The molecular formula is C19H41N. The van der Waals surface area contributed by atoms with Gasteiger partial charge in [0.05, 0.1) is 0 Å². The Labute approximate surface area is 129 Å². The molecule has 0 spiro atoms. The van der Waals surface area contributed by atoms with Gasteiger partial charge in [0, 0.05) is 6.04 Å². The molecule has 0 saturated heterocycles. The molecule has 0 aliphatic rings. The fourth-order valence-electron chi connectivity index (χ4n) is 2.94. The summed E-state index contributed by atoms with van der Waals surface area (Å²) in [6.45, 7) is 4.52. The van der Waals surface area contributed by atoms with Gasteiger partial charge >= 0.3 is 0 Å². The Balaban J connectivity index is 2.99. The first-order valence-electron chi connectivity index (χ1n) is 9.56. The number of hydrogen-bond acceptors (Lipinski definition) is 1. The molecule has 1 atom stereocenters. The fourth-order valence-corrected chi connectivity index (χ4v) is 2.94. The molecule has 0 radical (unpaired) electrons. The molecule has 2 N–H and O–H groups in total. The summed E-state index contributed by atoms with van der Waals surface area (Å²) in [5, 5.41) is 0. The average molecular weight is 284 g/mol. The molecule has 0 rings (SSSR count). The summed E-state index contributed by atoms with van der Waals surface area (Å²) in [4.78, 5) is 0. The molecule has 0 heterocycles. The Morgan fingerprint density at radius 1 is 0.500 bits per heavy atom. The van der Waals surface area contributed by atoms with Crippen LogP contribution in [0.25, 0.3) is 0 Å². The molecule has 0 saturated carbocycles. The molecule has 0 aromatic carbocycles. The SMILES string of the molecule is CCCCCCCCCCCCCCCC(N)CCC. The average Bonchev–Trinajstić information content (AvgIpc) is 2.44. The normalized spacial score (nSPS) is 12.8. The van der Waals surface area contributed by atoms with Crippen molar-refractivity contribution < 1.29 is 0 Å². The van der Waals surface area contributed by atoms with Gasteiger partial charge in [-0.1, -0.05) is 104 Å². The lowest BCUT2D eigenvalue weighted by Crippen LogP contribution is -2.18. The standard InChI is InChI=1S/C19H41N/c1-3-5-6-7-8-9-10-11-12-13-14-15-16-18-19(20)17-4-2/h19H,3-18,20H2,1-2H3. The topological polar surface area (TPSA) is 26.0 Å². The van der Waals surface area contributed by atoms with Crippen molar-refractivity contribution in [3.05, 3.63) is 0 Å². The lowest BCUT2D eigenvalue weighted by Gasteiger charge is -2.09. The zero-order valence-electron chi connectivity index (χ0n) is 14.5. The molecule has 20 heavy (non-hydrogen) atoms. The van der Waals surface area contributed by atoms with Crippen LogP contribution in [0.5, 0.6) is 0 Å². The minimum Gasteiger partial charge on any atom is -0.328 e. The number of nitrogens with two attached hydrogens (primary N) is 1. The summed E-state index contributed by atoms with van der Waals surface area (Å²) in [6, 6.07) is 0.465. The van der Waals surface area contributed by atoms with Crippen LogP contribution in [0.2, 0.25) is 0 Å². The van der Waals surface area contributed by atoms with Crippen LogP contribution in [0.1, 0.15) is 117 Å². The second-order valence-electron chi connectivity index (χ2n) is 6.58. The van der Waals surface area contributed by atoms with Gasteiger partial charge in [-0.25, -0.2) is 0 Å². The van der Waals surface area contributed by atoms with Crippen molar-refractivity contribution in [1.82, 2.24) is 0 Å². The third-order valence-electron chi connectivity index (χ3n) is 4.34. The third kappa shape index (κ3) is 16.0. The molecule has 1 unspecified atom stereocenters. The van der Waals surface area contributed by atoms with Crippen molar-refractivity contribution >= 4 is 0 Å². The zero-order chi connectivity index (χ0) is 14.9. The summed E-state index contributed by atoms with van der Waals surface area (Å²) in [6.07, 6.45) is 22.3. The van der Waals surface area contributed by atoms with Gasteiger partial charge < -0.3 is 5.73 Å². The second kappa shape index (κ2) is 17.0. The molecule has 0 fully saturated rings. The van der Waals surface area contributed by atoms with Crippen molar-refractivity contribution in [2.24, 2.45) is 5.73 Å². The molecule has 1 nitrogen and oxygen atoms in total. The maximum Gasteiger partial charge on any atom is 0.00387 e. The van der Waals surface area contributed by atoms with E-state index >= 15 is 0 Å². The maximum absolute atomic E-state index is 6.02. The summed E-state index contributed by atoms with van der Waals surface area (Å²) < 4.78 is 0. The first kappa shape index (κ1) is 20.0.